The third-order valence-corrected chi connectivity index (χ3v) is 3.46. The number of fused-ring (bicyclic) bond motifs is 1. The smallest absolute Gasteiger partial charge is 0.287 e. The van der Waals surface area contributed by atoms with E-state index >= 15 is 0 Å². The Balaban J connectivity index is 1.80. The molecule has 0 fully saturated rings. The van der Waals surface area contributed by atoms with Gasteiger partial charge < -0.3 is 14.7 Å². The number of hydrogen-bond acceptors (Lipinski definition) is 2. The number of benzene rings is 1. The van der Waals surface area contributed by atoms with Crippen LogP contribution >= 0.6 is 15.9 Å². The molecule has 1 amide bonds. The Bertz CT molecular complexity index is 716. The van der Waals surface area contributed by atoms with Crippen molar-refractivity contribution in [3.05, 3.63) is 58.5 Å². The second-order valence-electron chi connectivity index (χ2n) is 4.17. The van der Waals surface area contributed by atoms with E-state index < -0.39 is 0 Å². The van der Waals surface area contributed by atoms with E-state index in [-0.39, 0.29) is 5.91 Å². The molecule has 5 heteroatoms. The summed E-state index contributed by atoms with van der Waals surface area (Å²) < 4.78 is 6.41. The molecule has 3 rings (SSSR count). The first kappa shape index (κ1) is 12.0. The number of nitrogens with one attached hydrogen (secondary N) is 2. The number of rotatable bonds is 3. The summed E-state index contributed by atoms with van der Waals surface area (Å²) in [5.74, 6) is 0.0988. The first-order chi connectivity index (χ1) is 9.24. The second kappa shape index (κ2) is 4.93. The van der Waals surface area contributed by atoms with Gasteiger partial charge in [-0.05, 0) is 39.7 Å². The van der Waals surface area contributed by atoms with Crippen molar-refractivity contribution < 1.29 is 9.21 Å². The lowest BCUT2D eigenvalue weighted by molar-refractivity contribution is 0.0925. The summed E-state index contributed by atoms with van der Waals surface area (Å²) in [6, 6.07) is 9.35. The number of hydrogen-bond donors (Lipinski definition) is 2. The standard InChI is InChI=1S/C14H11BrN2O2/c15-11-3-1-2-10-6-12(19-13(10)11)14(18)17-8-9-4-5-16-7-9/h1-7,16H,8H2,(H,17,18). The van der Waals surface area contributed by atoms with Gasteiger partial charge in [-0.2, -0.15) is 0 Å². The first-order valence-corrected chi connectivity index (χ1v) is 6.61. The summed E-state index contributed by atoms with van der Waals surface area (Å²) in [5.41, 5.74) is 1.71. The van der Waals surface area contributed by atoms with E-state index in [0.29, 0.717) is 17.9 Å². The number of aromatic nitrogens is 1. The number of furan rings is 1. The van der Waals surface area contributed by atoms with E-state index in [0.717, 1.165) is 15.4 Å². The molecule has 0 unspecified atom stereocenters. The number of amides is 1. The van der Waals surface area contributed by atoms with E-state index in [1.807, 2.05) is 36.7 Å². The van der Waals surface area contributed by atoms with Gasteiger partial charge in [0.1, 0.15) is 5.58 Å². The highest BCUT2D eigenvalue weighted by atomic mass is 79.9. The number of para-hydroxylation sites is 1. The second-order valence-corrected chi connectivity index (χ2v) is 5.03. The monoisotopic (exact) mass is 318 g/mol. The van der Waals surface area contributed by atoms with Gasteiger partial charge in [0.25, 0.3) is 5.91 Å². The highest BCUT2D eigenvalue weighted by Crippen LogP contribution is 2.26. The Hall–Kier alpha value is -2.01. The van der Waals surface area contributed by atoms with Crippen LogP contribution in [0.3, 0.4) is 0 Å². The molecular weight excluding hydrogens is 308 g/mol. The van der Waals surface area contributed by atoms with Gasteiger partial charge in [0.15, 0.2) is 5.76 Å². The molecule has 0 radical (unpaired) electrons. The Labute approximate surface area is 117 Å². The Morgan fingerprint density at radius 1 is 1.37 bits per heavy atom. The Morgan fingerprint density at radius 3 is 3.00 bits per heavy atom. The van der Waals surface area contributed by atoms with Gasteiger partial charge in [-0.3, -0.25) is 4.79 Å². The molecule has 0 atom stereocenters. The van der Waals surface area contributed by atoms with Crippen molar-refractivity contribution in [2.24, 2.45) is 0 Å². The molecule has 1 aromatic carbocycles. The van der Waals surface area contributed by atoms with Crippen molar-refractivity contribution in [1.29, 1.82) is 0 Å². The van der Waals surface area contributed by atoms with Crippen LogP contribution in [0, 0.1) is 0 Å². The Morgan fingerprint density at radius 2 is 2.26 bits per heavy atom. The molecule has 2 N–H and O–H groups in total. The van der Waals surface area contributed by atoms with Crippen molar-refractivity contribution >= 4 is 32.8 Å². The van der Waals surface area contributed by atoms with Crippen LogP contribution in [-0.4, -0.2) is 10.9 Å². The minimum Gasteiger partial charge on any atom is -0.450 e. The zero-order chi connectivity index (χ0) is 13.2. The lowest BCUT2D eigenvalue weighted by Crippen LogP contribution is -2.21. The number of carbonyl (C=O) groups excluding carboxylic acids is 1. The fourth-order valence-electron chi connectivity index (χ4n) is 1.88. The van der Waals surface area contributed by atoms with Crippen LogP contribution in [0.4, 0.5) is 0 Å². The van der Waals surface area contributed by atoms with Gasteiger partial charge >= 0.3 is 0 Å². The summed E-state index contributed by atoms with van der Waals surface area (Å²) in [6.45, 7) is 0.473. The van der Waals surface area contributed by atoms with E-state index in [1.54, 1.807) is 6.07 Å². The quantitative estimate of drug-likeness (QED) is 0.777. The SMILES string of the molecule is O=C(NCc1cc[nH]c1)c1cc2cccc(Br)c2o1. The number of halogens is 1. The van der Waals surface area contributed by atoms with Gasteiger partial charge in [0, 0.05) is 24.3 Å². The van der Waals surface area contributed by atoms with Gasteiger partial charge in [-0.1, -0.05) is 12.1 Å². The molecule has 3 aromatic rings. The van der Waals surface area contributed by atoms with Crippen LogP contribution in [0.15, 0.2) is 51.6 Å². The average molecular weight is 319 g/mol. The van der Waals surface area contributed by atoms with E-state index in [4.69, 9.17) is 4.42 Å². The van der Waals surface area contributed by atoms with Crippen LogP contribution in [0.1, 0.15) is 16.1 Å². The van der Waals surface area contributed by atoms with Gasteiger partial charge in [0.2, 0.25) is 0 Å². The van der Waals surface area contributed by atoms with Crippen LogP contribution in [-0.2, 0) is 6.54 Å². The van der Waals surface area contributed by atoms with Crippen molar-refractivity contribution in [2.45, 2.75) is 6.54 Å². The highest BCUT2D eigenvalue weighted by molar-refractivity contribution is 9.10. The average Bonchev–Trinajstić information content (AvgIpc) is 3.05. The zero-order valence-electron chi connectivity index (χ0n) is 9.94. The molecule has 0 aliphatic rings. The zero-order valence-corrected chi connectivity index (χ0v) is 11.5. The summed E-state index contributed by atoms with van der Waals surface area (Å²) in [4.78, 5) is 14.9. The molecule has 4 nitrogen and oxygen atoms in total. The molecule has 0 saturated heterocycles. The number of carbonyl (C=O) groups is 1. The van der Waals surface area contributed by atoms with Crippen LogP contribution in [0.5, 0.6) is 0 Å². The molecule has 2 heterocycles. The van der Waals surface area contributed by atoms with Crippen molar-refractivity contribution in [3.8, 4) is 0 Å². The minimum atomic E-state index is -0.218. The summed E-state index contributed by atoms with van der Waals surface area (Å²) >= 11 is 3.40. The summed E-state index contributed by atoms with van der Waals surface area (Å²) in [6.07, 6.45) is 3.66. The summed E-state index contributed by atoms with van der Waals surface area (Å²) in [7, 11) is 0. The lowest BCUT2D eigenvalue weighted by atomic mass is 10.2. The maximum Gasteiger partial charge on any atom is 0.287 e. The molecule has 19 heavy (non-hydrogen) atoms. The molecule has 96 valence electrons. The van der Waals surface area contributed by atoms with E-state index in [1.165, 1.54) is 0 Å². The van der Waals surface area contributed by atoms with E-state index in [9.17, 15) is 4.79 Å². The van der Waals surface area contributed by atoms with Crippen molar-refractivity contribution in [3.63, 3.8) is 0 Å². The summed E-state index contributed by atoms with van der Waals surface area (Å²) in [5, 5.41) is 3.72. The Kier molecular flexibility index (Phi) is 3.13. The molecule has 0 aliphatic carbocycles. The third kappa shape index (κ3) is 2.42. The molecule has 0 saturated carbocycles. The maximum absolute atomic E-state index is 12.0. The normalized spacial score (nSPS) is 10.8. The maximum atomic E-state index is 12.0. The molecule has 2 aromatic heterocycles. The highest BCUT2D eigenvalue weighted by Gasteiger charge is 2.13. The van der Waals surface area contributed by atoms with Crippen LogP contribution in [0.25, 0.3) is 11.0 Å². The molecule has 0 spiro atoms. The number of aromatic amines is 1. The van der Waals surface area contributed by atoms with Gasteiger partial charge in [-0.25, -0.2) is 0 Å². The number of H-pyrrole nitrogens is 1. The predicted octanol–water partition coefficient (Wildman–Crippen LogP) is 3.45. The topological polar surface area (TPSA) is 58.0 Å². The fraction of sp³-hybridized carbons (Fsp3) is 0.0714. The molecular formula is C14H11BrN2O2. The van der Waals surface area contributed by atoms with E-state index in [2.05, 4.69) is 26.2 Å². The first-order valence-electron chi connectivity index (χ1n) is 5.82. The molecule has 0 bridgehead atoms. The van der Waals surface area contributed by atoms with Crippen LogP contribution < -0.4 is 5.32 Å². The van der Waals surface area contributed by atoms with Gasteiger partial charge in [0.05, 0.1) is 4.47 Å². The van der Waals surface area contributed by atoms with Crippen molar-refractivity contribution in [2.75, 3.05) is 0 Å². The van der Waals surface area contributed by atoms with Gasteiger partial charge in [-0.15, -0.1) is 0 Å². The fourth-order valence-corrected chi connectivity index (χ4v) is 2.34. The lowest BCUT2D eigenvalue weighted by Gasteiger charge is -2.00. The third-order valence-electron chi connectivity index (χ3n) is 2.84. The molecule has 0 aliphatic heterocycles. The largest absolute Gasteiger partial charge is 0.450 e. The predicted molar refractivity (Wildman–Crippen MR) is 75.9 cm³/mol. The van der Waals surface area contributed by atoms with Crippen molar-refractivity contribution in [1.82, 2.24) is 10.3 Å². The van der Waals surface area contributed by atoms with Crippen LogP contribution in [0.2, 0.25) is 0 Å². The minimum absolute atomic E-state index is 0.218.